The minimum Gasteiger partial charge on any atom is -0.496 e. The quantitative estimate of drug-likeness (QED) is 0.633. The van der Waals surface area contributed by atoms with Crippen molar-refractivity contribution in [1.82, 2.24) is 5.32 Å². The summed E-state index contributed by atoms with van der Waals surface area (Å²) in [6, 6.07) is 0.373. The highest BCUT2D eigenvalue weighted by molar-refractivity contribution is 5.06. The number of ether oxygens (including phenoxy) is 2. The van der Waals surface area contributed by atoms with Crippen molar-refractivity contribution in [1.29, 1.82) is 0 Å². The fourth-order valence-electron chi connectivity index (χ4n) is 1.54. The Bertz CT molecular complexity index is 168. The molecule has 0 amide bonds. The zero-order valence-electron chi connectivity index (χ0n) is 8.51. The van der Waals surface area contributed by atoms with Crippen molar-refractivity contribution in [2.75, 3.05) is 27.4 Å². The van der Waals surface area contributed by atoms with Gasteiger partial charge in [0.05, 0.1) is 12.6 Å². The molecule has 0 aromatic carbocycles. The highest BCUT2D eigenvalue weighted by Gasteiger charge is 2.16. The topological polar surface area (TPSA) is 30.5 Å². The molecule has 1 unspecified atom stereocenters. The molecule has 0 spiro atoms. The van der Waals surface area contributed by atoms with Crippen molar-refractivity contribution in [3.63, 3.8) is 0 Å². The fourth-order valence-corrected chi connectivity index (χ4v) is 1.54. The Hall–Kier alpha value is -0.540. The van der Waals surface area contributed by atoms with Gasteiger partial charge in [-0.05, 0) is 26.0 Å². The molecule has 76 valence electrons. The second-order valence-electron chi connectivity index (χ2n) is 3.22. The normalized spacial score (nSPS) is 18.2. The van der Waals surface area contributed by atoms with Gasteiger partial charge in [0.25, 0.3) is 0 Å². The molecule has 13 heavy (non-hydrogen) atoms. The van der Waals surface area contributed by atoms with E-state index in [1.165, 1.54) is 0 Å². The summed E-state index contributed by atoms with van der Waals surface area (Å²) in [6.07, 6.45) is 5.38. The van der Waals surface area contributed by atoms with Crippen LogP contribution in [-0.2, 0) is 9.47 Å². The molecule has 0 aromatic rings. The van der Waals surface area contributed by atoms with Crippen LogP contribution >= 0.6 is 0 Å². The molecule has 3 heteroatoms. The molecule has 1 atom stereocenters. The summed E-state index contributed by atoms with van der Waals surface area (Å²) in [5.74, 6) is 1.11. The van der Waals surface area contributed by atoms with Crippen LogP contribution < -0.4 is 5.32 Å². The summed E-state index contributed by atoms with van der Waals surface area (Å²) in [7, 11) is 3.71. The van der Waals surface area contributed by atoms with Crippen molar-refractivity contribution in [2.24, 2.45) is 0 Å². The van der Waals surface area contributed by atoms with E-state index in [0.717, 1.165) is 38.2 Å². The van der Waals surface area contributed by atoms with Gasteiger partial charge in [-0.1, -0.05) is 0 Å². The van der Waals surface area contributed by atoms with E-state index in [9.17, 15) is 0 Å². The van der Waals surface area contributed by atoms with Crippen LogP contribution in [0, 0.1) is 0 Å². The van der Waals surface area contributed by atoms with E-state index < -0.39 is 0 Å². The molecule has 0 radical (unpaired) electrons. The maximum absolute atomic E-state index is 5.49. The lowest BCUT2D eigenvalue weighted by atomic mass is 10.1. The number of hydrogen-bond donors (Lipinski definition) is 1. The second-order valence-corrected chi connectivity index (χ2v) is 3.22. The van der Waals surface area contributed by atoms with Crippen molar-refractivity contribution in [3.8, 4) is 0 Å². The first kappa shape index (κ1) is 10.5. The molecule has 1 heterocycles. The van der Waals surface area contributed by atoms with Gasteiger partial charge >= 0.3 is 0 Å². The van der Waals surface area contributed by atoms with Crippen LogP contribution in [0.4, 0.5) is 0 Å². The Morgan fingerprint density at radius 2 is 2.54 bits per heavy atom. The SMILES string of the molecule is CNC(CCCOC)C1=CCCO1. The van der Waals surface area contributed by atoms with Gasteiger partial charge in [0.2, 0.25) is 0 Å². The highest BCUT2D eigenvalue weighted by atomic mass is 16.5. The van der Waals surface area contributed by atoms with Crippen LogP contribution in [0.25, 0.3) is 0 Å². The number of rotatable bonds is 6. The van der Waals surface area contributed by atoms with E-state index in [1.807, 2.05) is 7.05 Å². The Morgan fingerprint density at radius 1 is 1.69 bits per heavy atom. The van der Waals surface area contributed by atoms with Gasteiger partial charge in [0.1, 0.15) is 5.76 Å². The molecule has 0 saturated heterocycles. The van der Waals surface area contributed by atoms with Gasteiger partial charge in [-0.25, -0.2) is 0 Å². The molecule has 0 saturated carbocycles. The molecule has 1 aliphatic rings. The van der Waals surface area contributed by atoms with E-state index in [4.69, 9.17) is 9.47 Å². The summed E-state index contributed by atoms with van der Waals surface area (Å²) in [6.45, 7) is 1.67. The minimum atomic E-state index is 0.373. The second kappa shape index (κ2) is 6.00. The average Bonchev–Trinajstić information content (AvgIpc) is 2.65. The van der Waals surface area contributed by atoms with Crippen LogP contribution in [0.1, 0.15) is 19.3 Å². The first-order chi connectivity index (χ1) is 6.38. The third-order valence-corrected chi connectivity index (χ3v) is 2.27. The molecule has 0 bridgehead atoms. The molecule has 0 fully saturated rings. The number of nitrogens with one attached hydrogen (secondary N) is 1. The Labute approximate surface area is 80.1 Å². The average molecular weight is 185 g/mol. The summed E-state index contributed by atoms with van der Waals surface area (Å²) >= 11 is 0. The maximum Gasteiger partial charge on any atom is 0.109 e. The van der Waals surface area contributed by atoms with Crippen molar-refractivity contribution < 1.29 is 9.47 Å². The lowest BCUT2D eigenvalue weighted by Crippen LogP contribution is -2.28. The maximum atomic E-state index is 5.49. The zero-order chi connectivity index (χ0) is 9.52. The lowest BCUT2D eigenvalue weighted by molar-refractivity contribution is 0.179. The zero-order valence-corrected chi connectivity index (χ0v) is 8.51. The lowest BCUT2D eigenvalue weighted by Gasteiger charge is -2.16. The van der Waals surface area contributed by atoms with Crippen molar-refractivity contribution >= 4 is 0 Å². The molecule has 1 rings (SSSR count). The van der Waals surface area contributed by atoms with E-state index in [1.54, 1.807) is 7.11 Å². The summed E-state index contributed by atoms with van der Waals surface area (Å²) < 4.78 is 10.5. The van der Waals surface area contributed by atoms with Crippen LogP contribution in [-0.4, -0.2) is 33.4 Å². The third-order valence-electron chi connectivity index (χ3n) is 2.27. The van der Waals surface area contributed by atoms with Gasteiger partial charge in [0.15, 0.2) is 0 Å². The molecule has 3 nitrogen and oxygen atoms in total. The molecular weight excluding hydrogens is 166 g/mol. The van der Waals surface area contributed by atoms with Gasteiger partial charge < -0.3 is 14.8 Å². The number of methoxy groups -OCH3 is 1. The Kier molecular flexibility index (Phi) is 4.86. The standard InChI is InChI=1S/C10H19NO2/c1-11-9(5-3-7-12-2)10-6-4-8-13-10/h6,9,11H,3-5,7-8H2,1-2H3. The summed E-state index contributed by atoms with van der Waals surface area (Å²) in [5.41, 5.74) is 0. The summed E-state index contributed by atoms with van der Waals surface area (Å²) in [5, 5.41) is 3.25. The first-order valence-corrected chi connectivity index (χ1v) is 4.87. The van der Waals surface area contributed by atoms with Crippen LogP contribution in [0.5, 0.6) is 0 Å². The number of likely N-dealkylation sites (N-methyl/N-ethyl adjacent to an activating group) is 1. The van der Waals surface area contributed by atoms with Crippen LogP contribution in [0.2, 0.25) is 0 Å². The minimum absolute atomic E-state index is 0.373. The van der Waals surface area contributed by atoms with E-state index >= 15 is 0 Å². The summed E-state index contributed by atoms with van der Waals surface area (Å²) in [4.78, 5) is 0. The molecule has 0 aliphatic carbocycles. The van der Waals surface area contributed by atoms with Crippen LogP contribution in [0.15, 0.2) is 11.8 Å². The van der Waals surface area contributed by atoms with Gasteiger partial charge in [-0.2, -0.15) is 0 Å². The van der Waals surface area contributed by atoms with Crippen molar-refractivity contribution in [3.05, 3.63) is 11.8 Å². The highest BCUT2D eigenvalue weighted by Crippen LogP contribution is 2.16. The van der Waals surface area contributed by atoms with E-state index in [2.05, 4.69) is 11.4 Å². The monoisotopic (exact) mass is 185 g/mol. The van der Waals surface area contributed by atoms with E-state index in [0.29, 0.717) is 6.04 Å². The first-order valence-electron chi connectivity index (χ1n) is 4.87. The third kappa shape index (κ3) is 3.36. The largest absolute Gasteiger partial charge is 0.496 e. The van der Waals surface area contributed by atoms with Gasteiger partial charge in [-0.3, -0.25) is 0 Å². The Morgan fingerprint density at radius 3 is 3.08 bits per heavy atom. The van der Waals surface area contributed by atoms with E-state index in [-0.39, 0.29) is 0 Å². The van der Waals surface area contributed by atoms with Crippen molar-refractivity contribution in [2.45, 2.75) is 25.3 Å². The van der Waals surface area contributed by atoms with Gasteiger partial charge in [-0.15, -0.1) is 0 Å². The fraction of sp³-hybridized carbons (Fsp3) is 0.800. The number of hydrogen-bond acceptors (Lipinski definition) is 3. The molecular formula is C10H19NO2. The smallest absolute Gasteiger partial charge is 0.109 e. The predicted molar refractivity (Wildman–Crippen MR) is 52.6 cm³/mol. The molecule has 1 N–H and O–H groups in total. The predicted octanol–water partition coefficient (Wildman–Crippen LogP) is 1.31. The van der Waals surface area contributed by atoms with Gasteiger partial charge in [0, 0.05) is 20.1 Å². The molecule has 1 aliphatic heterocycles. The Balaban J connectivity index is 2.25. The molecule has 0 aromatic heterocycles. The van der Waals surface area contributed by atoms with Crippen LogP contribution in [0.3, 0.4) is 0 Å².